The summed E-state index contributed by atoms with van der Waals surface area (Å²) in [5, 5.41) is 3.73. The molecule has 3 aliphatic heterocycles. The molecule has 4 heterocycles. The van der Waals surface area contributed by atoms with Gasteiger partial charge in [0.05, 0.1) is 38.1 Å². The number of hydrogen-bond donors (Lipinski definition) is 2. The number of ether oxygens (including phenoxy) is 3. The molecule has 2 saturated heterocycles. The third-order valence-electron chi connectivity index (χ3n) is 10.9. The highest BCUT2D eigenvalue weighted by atomic mass is 16.5. The smallest absolute Gasteiger partial charge is 0.243 e. The maximum Gasteiger partial charge on any atom is 0.243 e. The van der Waals surface area contributed by atoms with E-state index in [2.05, 4.69) is 11.4 Å². The molecule has 4 amide bonds. The van der Waals surface area contributed by atoms with Crippen LogP contribution in [0.3, 0.4) is 0 Å². The molecule has 12 heteroatoms. The minimum Gasteiger partial charge on any atom is -0.497 e. The van der Waals surface area contributed by atoms with Gasteiger partial charge in [-0.25, -0.2) is 4.98 Å². The highest BCUT2D eigenvalue weighted by Crippen LogP contribution is 2.45. The predicted octanol–water partition coefficient (Wildman–Crippen LogP) is 4.00. The van der Waals surface area contributed by atoms with Gasteiger partial charge in [-0.3, -0.25) is 19.2 Å². The van der Waals surface area contributed by atoms with Crippen molar-refractivity contribution in [2.45, 2.75) is 69.1 Å². The Labute approximate surface area is 303 Å². The number of carbonyl (C=O) groups is 4. The van der Waals surface area contributed by atoms with Gasteiger partial charge in [-0.1, -0.05) is 55.3 Å². The van der Waals surface area contributed by atoms with Crippen LogP contribution in [0.1, 0.15) is 51.4 Å². The van der Waals surface area contributed by atoms with Crippen LogP contribution in [-0.2, 0) is 23.9 Å². The van der Waals surface area contributed by atoms with Gasteiger partial charge in [-0.2, -0.15) is 0 Å². The van der Waals surface area contributed by atoms with Crippen molar-refractivity contribution in [3.63, 3.8) is 0 Å². The van der Waals surface area contributed by atoms with Crippen molar-refractivity contribution in [2.75, 3.05) is 40.0 Å². The molecule has 3 fully saturated rings. The summed E-state index contributed by atoms with van der Waals surface area (Å²) < 4.78 is 17.7. The Hall–Kier alpha value is -4.97. The number of methoxy groups -OCH3 is 1. The number of nitrogens with two attached hydrogens (primary N) is 1. The number of nitrogens with one attached hydrogen (secondary N) is 1. The summed E-state index contributed by atoms with van der Waals surface area (Å²) in [5.74, 6) is -0.977. The zero-order valence-electron chi connectivity index (χ0n) is 29.6. The molecule has 2 aromatic carbocycles. The number of nitrogens with zero attached hydrogens (tertiary/aromatic N) is 3. The number of pyridine rings is 1. The van der Waals surface area contributed by atoms with Crippen molar-refractivity contribution in [3.05, 3.63) is 66.7 Å². The van der Waals surface area contributed by atoms with Crippen LogP contribution in [-0.4, -0.2) is 96.1 Å². The molecule has 3 aromatic rings. The lowest BCUT2D eigenvalue weighted by Gasteiger charge is -2.31. The Morgan fingerprint density at radius 2 is 1.87 bits per heavy atom. The van der Waals surface area contributed by atoms with E-state index in [9.17, 15) is 19.2 Å². The van der Waals surface area contributed by atoms with Gasteiger partial charge in [0.25, 0.3) is 0 Å². The molecule has 0 unspecified atom stereocenters. The van der Waals surface area contributed by atoms with Gasteiger partial charge < -0.3 is 35.1 Å². The second-order valence-corrected chi connectivity index (χ2v) is 14.3. The first kappa shape index (κ1) is 35.4. The number of amides is 4. The van der Waals surface area contributed by atoms with E-state index in [0.717, 1.165) is 36.6 Å². The first-order valence-electron chi connectivity index (χ1n) is 18.4. The zero-order valence-corrected chi connectivity index (χ0v) is 29.6. The number of aromatic nitrogens is 1. The lowest BCUT2D eigenvalue weighted by Crippen LogP contribution is -2.55. The largest absolute Gasteiger partial charge is 0.497 e. The number of carbonyl (C=O) groups excluding carboxylic acids is 4. The second-order valence-electron chi connectivity index (χ2n) is 14.3. The van der Waals surface area contributed by atoms with E-state index in [4.69, 9.17) is 24.9 Å². The molecule has 1 aromatic heterocycles. The Morgan fingerprint density at radius 1 is 1.06 bits per heavy atom. The van der Waals surface area contributed by atoms with Gasteiger partial charge in [-0.15, -0.1) is 0 Å². The average molecular weight is 710 g/mol. The molecule has 7 rings (SSSR count). The van der Waals surface area contributed by atoms with Crippen LogP contribution in [0, 0.1) is 11.8 Å². The first-order valence-corrected chi connectivity index (χ1v) is 18.4. The zero-order chi connectivity index (χ0) is 36.2. The number of morpholine rings is 1. The van der Waals surface area contributed by atoms with Crippen molar-refractivity contribution in [1.29, 1.82) is 0 Å². The molecule has 0 spiro atoms. The van der Waals surface area contributed by atoms with Gasteiger partial charge in [0, 0.05) is 60.8 Å². The molecule has 52 heavy (non-hydrogen) atoms. The third kappa shape index (κ3) is 7.48. The SMILES string of the molecule is COc1ccc2c(O[C@@H]3C[C@H]4C(=O)N[C@]5(C(N)=O)C[C@H]5C=CCCCCC[C@H](CC(=O)N5CCOCC5)C(=O)N4C3)cc(-c3ccccc3)nc2c1. The fourth-order valence-electron chi connectivity index (χ4n) is 7.81. The summed E-state index contributed by atoms with van der Waals surface area (Å²) in [6.07, 6.45) is 8.05. The molecular formula is C40H47N5O7. The highest BCUT2D eigenvalue weighted by Gasteiger charge is 2.60. The monoisotopic (exact) mass is 709 g/mol. The number of rotatable bonds is 7. The molecule has 12 nitrogen and oxygen atoms in total. The predicted molar refractivity (Wildman–Crippen MR) is 194 cm³/mol. The van der Waals surface area contributed by atoms with Gasteiger partial charge in [-0.05, 0) is 37.8 Å². The van der Waals surface area contributed by atoms with Crippen molar-refractivity contribution < 1.29 is 33.4 Å². The van der Waals surface area contributed by atoms with E-state index in [0.29, 0.717) is 61.9 Å². The van der Waals surface area contributed by atoms with E-state index in [1.807, 2.05) is 60.7 Å². The van der Waals surface area contributed by atoms with Gasteiger partial charge in [0.2, 0.25) is 23.6 Å². The molecular weight excluding hydrogens is 662 g/mol. The maximum absolute atomic E-state index is 14.6. The Balaban J connectivity index is 1.21. The molecule has 274 valence electrons. The quantitative estimate of drug-likeness (QED) is 0.349. The summed E-state index contributed by atoms with van der Waals surface area (Å²) in [7, 11) is 1.60. The number of fused-ring (bicyclic) bond motifs is 3. The fourth-order valence-corrected chi connectivity index (χ4v) is 7.81. The Morgan fingerprint density at radius 3 is 2.63 bits per heavy atom. The van der Waals surface area contributed by atoms with Crippen molar-refractivity contribution in [2.24, 2.45) is 17.6 Å². The minimum atomic E-state index is -1.20. The number of allylic oxidation sites excluding steroid dienone is 1. The topological polar surface area (TPSA) is 153 Å². The number of primary amides is 1. The number of benzene rings is 2. The normalized spacial score (nSPS) is 26.8. The third-order valence-corrected chi connectivity index (χ3v) is 10.9. The van der Waals surface area contributed by atoms with Crippen LogP contribution in [0.25, 0.3) is 22.2 Å². The van der Waals surface area contributed by atoms with Crippen LogP contribution in [0.4, 0.5) is 0 Å². The van der Waals surface area contributed by atoms with E-state index < -0.39 is 35.4 Å². The average Bonchev–Trinajstić information content (AvgIpc) is 3.70. The van der Waals surface area contributed by atoms with Crippen molar-refractivity contribution in [3.8, 4) is 22.8 Å². The van der Waals surface area contributed by atoms with Crippen molar-refractivity contribution in [1.82, 2.24) is 20.1 Å². The van der Waals surface area contributed by atoms with E-state index in [-0.39, 0.29) is 37.1 Å². The molecule has 0 bridgehead atoms. The standard InChI is InChI=1S/C40H47N5O7/c1-50-29-14-15-31-33(21-29)42-32(26-10-7-5-8-11-26)23-35(31)52-30-22-34-37(47)43-40(39(41)49)24-28(40)13-9-4-2-3-6-12-27(38(48)45(34)25-30)20-36(46)44-16-18-51-19-17-44/h5,7-11,13-15,21,23,27-28,30,34H,2-4,6,12,16-20,22,24-25H2,1H3,(H2,41,49)(H,43,47)/t27-,28-,30-,34+,40-/m1/s1. The van der Waals surface area contributed by atoms with Gasteiger partial charge in [0.15, 0.2) is 0 Å². The summed E-state index contributed by atoms with van der Waals surface area (Å²) in [6, 6.07) is 16.3. The molecule has 3 N–H and O–H groups in total. The van der Waals surface area contributed by atoms with Crippen LogP contribution >= 0.6 is 0 Å². The minimum absolute atomic E-state index is 0.0552. The van der Waals surface area contributed by atoms with Gasteiger partial charge in [0.1, 0.15) is 29.2 Å². The molecule has 1 aliphatic carbocycles. The van der Waals surface area contributed by atoms with Crippen LogP contribution < -0.4 is 20.5 Å². The lowest BCUT2D eigenvalue weighted by atomic mass is 9.94. The van der Waals surface area contributed by atoms with Crippen molar-refractivity contribution >= 4 is 34.5 Å². The Bertz CT molecular complexity index is 1840. The van der Waals surface area contributed by atoms with Crippen LogP contribution in [0.5, 0.6) is 11.5 Å². The highest BCUT2D eigenvalue weighted by molar-refractivity contribution is 5.97. The molecule has 0 radical (unpaired) electrons. The van der Waals surface area contributed by atoms with Gasteiger partial charge >= 0.3 is 0 Å². The summed E-state index contributed by atoms with van der Waals surface area (Å²) in [5.41, 5.74) is 6.98. The molecule has 4 aliphatic rings. The summed E-state index contributed by atoms with van der Waals surface area (Å²) in [6.45, 7) is 2.05. The van der Waals surface area contributed by atoms with Crippen LogP contribution in [0.2, 0.25) is 0 Å². The van der Waals surface area contributed by atoms with E-state index in [1.54, 1.807) is 16.9 Å². The van der Waals surface area contributed by atoms with Crippen LogP contribution in [0.15, 0.2) is 66.7 Å². The van der Waals surface area contributed by atoms with E-state index >= 15 is 0 Å². The lowest BCUT2D eigenvalue weighted by molar-refractivity contribution is -0.146. The Kier molecular flexibility index (Phi) is 10.4. The maximum atomic E-state index is 14.6. The number of hydrogen-bond acceptors (Lipinski definition) is 8. The fraction of sp³-hybridized carbons (Fsp3) is 0.475. The first-order chi connectivity index (χ1) is 25.3. The summed E-state index contributed by atoms with van der Waals surface area (Å²) in [4.78, 5) is 63.3. The van der Waals surface area contributed by atoms with E-state index in [1.165, 1.54) is 0 Å². The second kappa shape index (κ2) is 15.3. The molecule has 5 atom stereocenters. The summed E-state index contributed by atoms with van der Waals surface area (Å²) >= 11 is 0. The molecule has 1 saturated carbocycles.